The Morgan fingerprint density at radius 1 is 1.53 bits per heavy atom. The number of rotatable bonds is 4. The van der Waals surface area contributed by atoms with Crippen LogP contribution < -0.4 is 0 Å². The summed E-state index contributed by atoms with van der Waals surface area (Å²) in [4.78, 5) is 12.7. The molecular weight excluding hydrogens is 245 g/mol. The second-order valence-electron chi connectivity index (χ2n) is 4.36. The third-order valence-electron chi connectivity index (χ3n) is 2.99. The number of carboxylic acid groups (broad SMARTS) is 1. The van der Waals surface area contributed by atoms with Crippen molar-refractivity contribution in [3.05, 3.63) is 34.6 Å². The molecule has 1 aromatic rings. The molecule has 5 heteroatoms. The predicted octanol–water partition coefficient (Wildman–Crippen LogP) is 2.73. The minimum Gasteiger partial charge on any atom is -0.481 e. The van der Waals surface area contributed by atoms with E-state index in [2.05, 4.69) is 0 Å². The minimum atomic E-state index is -0.929. The zero-order valence-corrected chi connectivity index (χ0v) is 10.8. The van der Waals surface area contributed by atoms with Crippen LogP contribution in [0.3, 0.4) is 0 Å². The van der Waals surface area contributed by atoms with Gasteiger partial charge in [0.1, 0.15) is 5.82 Å². The number of carboxylic acids is 1. The summed E-state index contributed by atoms with van der Waals surface area (Å²) in [5.41, 5.74) is -0.163. The highest BCUT2D eigenvalue weighted by atomic mass is 35.5. The molecule has 0 bridgehead atoms. The molecule has 1 rings (SSSR count). The molecular formula is C12H15ClFNO2. The maximum atomic E-state index is 13.0. The molecule has 1 unspecified atom stereocenters. The SMILES string of the molecule is CN(C)C(C)(CC(=O)O)c1ccc(F)cc1Cl. The van der Waals surface area contributed by atoms with E-state index in [4.69, 9.17) is 16.7 Å². The van der Waals surface area contributed by atoms with Gasteiger partial charge in [0.25, 0.3) is 0 Å². The fourth-order valence-corrected chi connectivity index (χ4v) is 2.09. The number of carbonyl (C=O) groups is 1. The summed E-state index contributed by atoms with van der Waals surface area (Å²) in [7, 11) is 3.53. The average molecular weight is 260 g/mol. The number of hydrogen-bond donors (Lipinski definition) is 1. The maximum Gasteiger partial charge on any atom is 0.305 e. The van der Waals surface area contributed by atoms with Gasteiger partial charge in [-0.25, -0.2) is 4.39 Å². The van der Waals surface area contributed by atoms with Gasteiger partial charge in [-0.1, -0.05) is 17.7 Å². The first-order valence-electron chi connectivity index (χ1n) is 5.12. The summed E-state index contributed by atoms with van der Waals surface area (Å²) >= 11 is 5.98. The molecule has 17 heavy (non-hydrogen) atoms. The molecule has 94 valence electrons. The summed E-state index contributed by atoms with van der Waals surface area (Å²) in [5, 5.41) is 9.20. The van der Waals surface area contributed by atoms with Gasteiger partial charge in [0.2, 0.25) is 0 Å². The zero-order chi connectivity index (χ0) is 13.2. The van der Waals surface area contributed by atoms with E-state index in [-0.39, 0.29) is 11.4 Å². The molecule has 0 heterocycles. The molecule has 0 saturated carbocycles. The van der Waals surface area contributed by atoms with Crippen molar-refractivity contribution in [2.24, 2.45) is 0 Å². The summed E-state index contributed by atoms with van der Waals surface area (Å²) in [6.45, 7) is 1.76. The van der Waals surface area contributed by atoms with Crippen LogP contribution in [0.5, 0.6) is 0 Å². The van der Waals surface area contributed by atoms with Crippen molar-refractivity contribution in [2.45, 2.75) is 18.9 Å². The van der Waals surface area contributed by atoms with E-state index in [9.17, 15) is 9.18 Å². The average Bonchev–Trinajstić information content (AvgIpc) is 2.15. The van der Waals surface area contributed by atoms with Crippen LogP contribution >= 0.6 is 11.6 Å². The Bertz CT molecular complexity index is 437. The largest absolute Gasteiger partial charge is 0.481 e. The van der Waals surface area contributed by atoms with Crippen LogP contribution in [0.4, 0.5) is 4.39 Å². The lowest BCUT2D eigenvalue weighted by Gasteiger charge is -2.36. The molecule has 0 saturated heterocycles. The Hall–Kier alpha value is -1.13. The maximum absolute atomic E-state index is 13.0. The van der Waals surface area contributed by atoms with Crippen LogP contribution in [-0.4, -0.2) is 30.1 Å². The van der Waals surface area contributed by atoms with Crippen molar-refractivity contribution in [1.82, 2.24) is 4.90 Å². The van der Waals surface area contributed by atoms with Gasteiger partial charge in [-0.3, -0.25) is 9.69 Å². The lowest BCUT2D eigenvalue weighted by Crippen LogP contribution is -2.40. The van der Waals surface area contributed by atoms with Gasteiger partial charge in [-0.2, -0.15) is 0 Å². The topological polar surface area (TPSA) is 40.5 Å². The van der Waals surface area contributed by atoms with Crippen LogP contribution in [0.2, 0.25) is 5.02 Å². The second-order valence-corrected chi connectivity index (χ2v) is 4.77. The number of benzene rings is 1. The first-order chi connectivity index (χ1) is 7.77. The molecule has 1 aromatic carbocycles. The molecule has 1 atom stereocenters. The number of nitrogens with zero attached hydrogens (tertiary/aromatic N) is 1. The van der Waals surface area contributed by atoms with E-state index in [0.717, 1.165) is 0 Å². The molecule has 0 aromatic heterocycles. The molecule has 3 nitrogen and oxygen atoms in total. The smallest absolute Gasteiger partial charge is 0.305 e. The van der Waals surface area contributed by atoms with Gasteiger partial charge in [-0.05, 0) is 38.7 Å². The molecule has 0 fully saturated rings. The van der Waals surface area contributed by atoms with Gasteiger partial charge in [0.05, 0.1) is 12.0 Å². The summed E-state index contributed by atoms with van der Waals surface area (Å²) < 4.78 is 13.0. The van der Waals surface area contributed by atoms with Gasteiger partial charge < -0.3 is 5.11 Å². The second kappa shape index (κ2) is 5.02. The van der Waals surface area contributed by atoms with Crippen molar-refractivity contribution >= 4 is 17.6 Å². The first-order valence-corrected chi connectivity index (χ1v) is 5.50. The molecule has 0 spiro atoms. The fourth-order valence-electron chi connectivity index (χ4n) is 1.71. The number of halogens is 2. The van der Waals surface area contributed by atoms with Crippen LogP contribution in [0.15, 0.2) is 18.2 Å². The van der Waals surface area contributed by atoms with E-state index in [0.29, 0.717) is 5.56 Å². The Morgan fingerprint density at radius 2 is 2.12 bits per heavy atom. The van der Waals surface area contributed by atoms with E-state index >= 15 is 0 Å². The highest BCUT2D eigenvalue weighted by molar-refractivity contribution is 6.31. The highest BCUT2D eigenvalue weighted by Crippen LogP contribution is 2.35. The minimum absolute atomic E-state index is 0.106. The Kier molecular flexibility index (Phi) is 4.11. The van der Waals surface area contributed by atoms with Crippen LogP contribution in [0.25, 0.3) is 0 Å². The molecule has 0 aliphatic rings. The Morgan fingerprint density at radius 3 is 2.53 bits per heavy atom. The van der Waals surface area contributed by atoms with E-state index in [1.54, 1.807) is 25.9 Å². The third kappa shape index (κ3) is 2.96. The van der Waals surface area contributed by atoms with Gasteiger partial charge in [0, 0.05) is 5.02 Å². The lowest BCUT2D eigenvalue weighted by atomic mass is 9.87. The molecule has 0 aliphatic heterocycles. The fraction of sp³-hybridized carbons (Fsp3) is 0.417. The van der Waals surface area contributed by atoms with Crippen LogP contribution in [0, 0.1) is 5.82 Å². The van der Waals surface area contributed by atoms with Crippen molar-refractivity contribution < 1.29 is 14.3 Å². The third-order valence-corrected chi connectivity index (χ3v) is 3.31. The van der Waals surface area contributed by atoms with Gasteiger partial charge in [0.15, 0.2) is 0 Å². The molecule has 0 radical (unpaired) electrons. The molecule has 0 aliphatic carbocycles. The molecule has 1 N–H and O–H groups in total. The summed E-state index contributed by atoms with van der Waals surface area (Å²) in [6.07, 6.45) is -0.106. The summed E-state index contributed by atoms with van der Waals surface area (Å²) in [5.74, 6) is -1.36. The highest BCUT2D eigenvalue weighted by Gasteiger charge is 2.33. The van der Waals surface area contributed by atoms with Crippen molar-refractivity contribution in [2.75, 3.05) is 14.1 Å². The summed E-state index contributed by atoms with van der Waals surface area (Å²) in [6, 6.07) is 4.01. The van der Waals surface area contributed by atoms with E-state index in [1.165, 1.54) is 18.2 Å². The Labute approximate surface area is 105 Å². The number of aliphatic carboxylic acids is 1. The van der Waals surface area contributed by atoms with Crippen molar-refractivity contribution in [3.8, 4) is 0 Å². The number of hydrogen-bond acceptors (Lipinski definition) is 2. The monoisotopic (exact) mass is 259 g/mol. The van der Waals surface area contributed by atoms with Crippen molar-refractivity contribution in [3.63, 3.8) is 0 Å². The van der Waals surface area contributed by atoms with Crippen molar-refractivity contribution in [1.29, 1.82) is 0 Å². The van der Waals surface area contributed by atoms with Gasteiger partial charge in [-0.15, -0.1) is 0 Å². The van der Waals surface area contributed by atoms with Gasteiger partial charge >= 0.3 is 5.97 Å². The lowest BCUT2D eigenvalue weighted by molar-refractivity contribution is -0.140. The standard InChI is InChI=1S/C12H15ClFNO2/c1-12(15(2)3,7-11(16)17)9-5-4-8(14)6-10(9)13/h4-6H,7H2,1-3H3,(H,16,17). The van der Waals surface area contributed by atoms with Crippen LogP contribution in [-0.2, 0) is 10.3 Å². The van der Waals surface area contributed by atoms with Crippen LogP contribution in [0.1, 0.15) is 18.9 Å². The normalized spacial score (nSPS) is 14.7. The van der Waals surface area contributed by atoms with E-state index in [1.807, 2.05) is 0 Å². The predicted molar refractivity (Wildman–Crippen MR) is 64.7 cm³/mol. The molecule has 0 amide bonds. The quantitative estimate of drug-likeness (QED) is 0.904. The first kappa shape index (κ1) is 13.9. The zero-order valence-electron chi connectivity index (χ0n) is 10.00. The van der Waals surface area contributed by atoms with E-state index < -0.39 is 17.3 Å². The Balaban J connectivity index is 3.27.